The van der Waals surface area contributed by atoms with Crippen LogP contribution < -0.4 is 9.47 Å². The van der Waals surface area contributed by atoms with E-state index in [-0.39, 0.29) is 23.1 Å². The third-order valence-corrected chi connectivity index (χ3v) is 2.46. The number of rotatable bonds is 3. The van der Waals surface area contributed by atoms with Gasteiger partial charge in [-0.05, 0) is 23.8 Å². The van der Waals surface area contributed by atoms with Crippen LogP contribution in [0.15, 0.2) is 28.9 Å². The van der Waals surface area contributed by atoms with Crippen LogP contribution in [-0.4, -0.2) is 23.8 Å². The van der Waals surface area contributed by atoms with Crippen LogP contribution in [0.4, 0.5) is 0 Å². The standard InChI is InChI=1S/C15H13NO6/c1-8-16-14(15(19)20-8)6-11-4-12(21-9(2)17)7-13(5-11)22-10(3)18/h4-7H,1-3H3. The summed E-state index contributed by atoms with van der Waals surface area (Å²) in [6.45, 7) is 4.05. The van der Waals surface area contributed by atoms with Gasteiger partial charge < -0.3 is 14.2 Å². The molecular formula is C15H13NO6. The van der Waals surface area contributed by atoms with Crippen molar-refractivity contribution in [3.05, 3.63) is 29.5 Å². The van der Waals surface area contributed by atoms with E-state index in [1.165, 1.54) is 38.1 Å². The number of cyclic esters (lactones) is 1. The van der Waals surface area contributed by atoms with Crippen LogP contribution in [0, 0.1) is 0 Å². The van der Waals surface area contributed by atoms with Crippen molar-refractivity contribution in [3.8, 4) is 11.5 Å². The summed E-state index contributed by atoms with van der Waals surface area (Å²) in [4.78, 5) is 37.6. The highest BCUT2D eigenvalue weighted by Gasteiger charge is 2.20. The van der Waals surface area contributed by atoms with Gasteiger partial charge in [0.1, 0.15) is 11.5 Å². The number of aliphatic imine (C=N–C) groups is 1. The first-order valence-corrected chi connectivity index (χ1v) is 6.34. The molecule has 0 radical (unpaired) electrons. The molecule has 0 amide bonds. The quantitative estimate of drug-likeness (QED) is 0.481. The smallest absolute Gasteiger partial charge is 0.363 e. The first kappa shape index (κ1) is 15.4. The summed E-state index contributed by atoms with van der Waals surface area (Å²) in [5.41, 5.74) is 0.576. The maximum atomic E-state index is 11.5. The number of nitrogens with zero attached hydrogens (tertiary/aromatic N) is 1. The van der Waals surface area contributed by atoms with Gasteiger partial charge in [0, 0.05) is 26.8 Å². The number of hydrogen-bond donors (Lipinski definition) is 0. The van der Waals surface area contributed by atoms with Gasteiger partial charge in [-0.15, -0.1) is 0 Å². The first-order valence-electron chi connectivity index (χ1n) is 6.34. The summed E-state index contributed by atoms with van der Waals surface area (Å²) >= 11 is 0. The normalized spacial score (nSPS) is 15.3. The second-order valence-electron chi connectivity index (χ2n) is 4.47. The maximum Gasteiger partial charge on any atom is 0.363 e. The van der Waals surface area contributed by atoms with Gasteiger partial charge in [0.2, 0.25) is 0 Å². The molecule has 0 saturated heterocycles. The average Bonchev–Trinajstić information content (AvgIpc) is 2.65. The average molecular weight is 303 g/mol. The van der Waals surface area contributed by atoms with Gasteiger partial charge in [0.05, 0.1) is 0 Å². The Morgan fingerprint density at radius 2 is 1.64 bits per heavy atom. The van der Waals surface area contributed by atoms with Crippen LogP contribution in [0.25, 0.3) is 6.08 Å². The van der Waals surface area contributed by atoms with Crippen LogP contribution in [0.5, 0.6) is 11.5 Å². The summed E-state index contributed by atoms with van der Waals surface area (Å²) in [5, 5.41) is 0. The number of hydrogen-bond acceptors (Lipinski definition) is 7. The Morgan fingerprint density at radius 1 is 1.09 bits per heavy atom. The number of carbonyl (C=O) groups is 3. The summed E-state index contributed by atoms with van der Waals surface area (Å²) < 4.78 is 14.8. The Kier molecular flexibility index (Phi) is 4.36. The lowest BCUT2D eigenvalue weighted by Gasteiger charge is -2.07. The van der Waals surface area contributed by atoms with E-state index < -0.39 is 17.9 Å². The molecule has 0 saturated carbocycles. The lowest BCUT2D eigenvalue weighted by molar-refractivity contribution is -0.132. The molecule has 2 rings (SSSR count). The number of esters is 3. The van der Waals surface area contributed by atoms with Crippen molar-refractivity contribution < 1.29 is 28.6 Å². The van der Waals surface area contributed by atoms with Crippen molar-refractivity contribution in [1.29, 1.82) is 0 Å². The van der Waals surface area contributed by atoms with Gasteiger partial charge in [-0.1, -0.05) is 0 Å². The monoisotopic (exact) mass is 303 g/mol. The van der Waals surface area contributed by atoms with Crippen molar-refractivity contribution >= 4 is 29.9 Å². The zero-order valence-electron chi connectivity index (χ0n) is 12.2. The van der Waals surface area contributed by atoms with Crippen molar-refractivity contribution in [1.82, 2.24) is 0 Å². The predicted octanol–water partition coefficient (Wildman–Crippen LogP) is 1.85. The van der Waals surface area contributed by atoms with E-state index in [1.807, 2.05) is 0 Å². The molecule has 7 heteroatoms. The summed E-state index contributed by atoms with van der Waals surface area (Å²) in [6, 6.07) is 4.42. The van der Waals surface area contributed by atoms with Crippen LogP contribution in [0.1, 0.15) is 26.3 Å². The Bertz CT molecular complexity index is 682. The fraction of sp³-hybridized carbons (Fsp3) is 0.200. The topological polar surface area (TPSA) is 91.3 Å². The lowest BCUT2D eigenvalue weighted by atomic mass is 10.1. The minimum absolute atomic E-state index is 0.103. The van der Waals surface area contributed by atoms with E-state index in [0.29, 0.717) is 5.56 Å². The highest BCUT2D eigenvalue weighted by molar-refractivity contribution is 6.06. The molecule has 0 atom stereocenters. The SMILES string of the molecule is CC(=O)Oc1cc(C=C2N=C(C)OC2=O)cc(OC(C)=O)c1. The van der Waals surface area contributed by atoms with Gasteiger partial charge in [0.15, 0.2) is 11.6 Å². The predicted molar refractivity (Wildman–Crippen MR) is 76.2 cm³/mol. The highest BCUT2D eigenvalue weighted by atomic mass is 16.6. The third kappa shape index (κ3) is 4.02. The molecule has 0 N–H and O–H groups in total. The van der Waals surface area contributed by atoms with Crippen LogP contribution in [0.2, 0.25) is 0 Å². The van der Waals surface area contributed by atoms with E-state index >= 15 is 0 Å². The van der Waals surface area contributed by atoms with E-state index in [9.17, 15) is 14.4 Å². The second kappa shape index (κ2) is 6.21. The van der Waals surface area contributed by atoms with Crippen LogP contribution in [0.3, 0.4) is 0 Å². The summed E-state index contributed by atoms with van der Waals surface area (Å²) in [6.07, 6.45) is 1.44. The molecule has 0 unspecified atom stereocenters. The van der Waals surface area contributed by atoms with Gasteiger partial charge in [-0.3, -0.25) is 9.59 Å². The molecule has 114 valence electrons. The van der Waals surface area contributed by atoms with Gasteiger partial charge in [-0.2, -0.15) is 0 Å². The molecule has 0 fully saturated rings. The van der Waals surface area contributed by atoms with Gasteiger partial charge in [0.25, 0.3) is 0 Å². The fourth-order valence-electron chi connectivity index (χ4n) is 1.80. The minimum atomic E-state index is -0.579. The van der Waals surface area contributed by atoms with E-state index in [4.69, 9.17) is 14.2 Å². The molecule has 7 nitrogen and oxygen atoms in total. The first-order chi connectivity index (χ1) is 10.3. The highest BCUT2D eigenvalue weighted by Crippen LogP contribution is 2.26. The lowest BCUT2D eigenvalue weighted by Crippen LogP contribution is -2.05. The maximum absolute atomic E-state index is 11.5. The molecule has 1 aliphatic heterocycles. The Balaban J connectivity index is 2.41. The molecule has 1 aliphatic rings. The zero-order chi connectivity index (χ0) is 16.3. The fourth-order valence-corrected chi connectivity index (χ4v) is 1.80. The number of benzene rings is 1. The Morgan fingerprint density at radius 3 is 2.05 bits per heavy atom. The molecule has 1 heterocycles. The molecular weight excluding hydrogens is 290 g/mol. The molecule has 22 heavy (non-hydrogen) atoms. The molecule has 0 spiro atoms. The van der Waals surface area contributed by atoms with Crippen LogP contribution >= 0.6 is 0 Å². The summed E-state index contributed by atoms with van der Waals surface area (Å²) in [7, 11) is 0. The van der Waals surface area contributed by atoms with E-state index in [2.05, 4.69) is 4.99 Å². The van der Waals surface area contributed by atoms with Crippen LogP contribution in [-0.2, 0) is 19.1 Å². The molecule has 0 aliphatic carbocycles. The van der Waals surface area contributed by atoms with E-state index in [1.54, 1.807) is 6.92 Å². The second-order valence-corrected chi connectivity index (χ2v) is 4.47. The third-order valence-electron chi connectivity index (χ3n) is 2.46. The Hall–Kier alpha value is -2.96. The Labute approximate surface area is 126 Å². The largest absolute Gasteiger partial charge is 0.427 e. The zero-order valence-corrected chi connectivity index (χ0v) is 12.2. The van der Waals surface area contributed by atoms with Crippen molar-refractivity contribution in [2.24, 2.45) is 4.99 Å². The van der Waals surface area contributed by atoms with E-state index in [0.717, 1.165) is 0 Å². The van der Waals surface area contributed by atoms with Gasteiger partial charge in [-0.25, -0.2) is 9.79 Å². The number of ether oxygens (including phenoxy) is 3. The summed E-state index contributed by atoms with van der Waals surface area (Å²) in [5.74, 6) is -1.01. The number of carbonyl (C=O) groups excluding carboxylic acids is 3. The molecule has 1 aromatic rings. The van der Waals surface area contributed by atoms with Crippen molar-refractivity contribution in [3.63, 3.8) is 0 Å². The van der Waals surface area contributed by atoms with Gasteiger partial charge >= 0.3 is 17.9 Å². The minimum Gasteiger partial charge on any atom is -0.427 e. The van der Waals surface area contributed by atoms with Crippen molar-refractivity contribution in [2.45, 2.75) is 20.8 Å². The molecule has 0 bridgehead atoms. The van der Waals surface area contributed by atoms with Crippen molar-refractivity contribution in [2.75, 3.05) is 0 Å². The molecule has 0 aromatic heterocycles. The molecule has 1 aromatic carbocycles.